The van der Waals surface area contributed by atoms with Crippen molar-refractivity contribution in [2.45, 2.75) is 27.7 Å². The molecule has 30 heavy (non-hydrogen) atoms. The van der Waals surface area contributed by atoms with Crippen molar-refractivity contribution in [1.29, 1.82) is 0 Å². The fourth-order valence-corrected chi connectivity index (χ4v) is 4.30. The van der Waals surface area contributed by atoms with Crippen LogP contribution >= 0.6 is 0 Å². The van der Waals surface area contributed by atoms with E-state index in [0.717, 1.165) is 0 Å². The predicted molar refractivity (Wildman–Crippen MR) is 131 cm³/mol. The zero-order valence-electron chi connectivity index (χ0n) is 18.5. The Hall–Kier alpha value is -3.32. The Morgan fingerprint density at radius 3 is 1.50 bits per heavy atom. The zero-order chi connectivity index (χ0) is 21.3. The lowest BCUT2D eigenvalue weighted by Gasteiger charge is -2.27. The van der Waals surface area contributed by atoms with Crippen LogP contribution in [0.2, 0.25) is 0 Å². The SMILES string of the molecule is Cc1ccccc1-c1cc(N(C)c2ccccc2C)c(-c2ccccc2C)cc1C. The molecule has 0 spiro atoms. The van der Waals surface area contributed by atoms with Crippen molar-refractivity contribution in [3.63, 3.8) is 0 Å². The van der Waals surface area contributed by atoms with Gasteiger partial charge in [0.1, 0.15) is 0 Å². The standard InChI is InChI=1S/C29H29N/c1-20-12-6-9-15-24(20)26-19-29(30(5)28-17-11-8-14-22(28)3)27(18-23(26)4)25-16-10-7-13-21(25)2/h6-19H,1-5H3. The summed E-state index contributed by atoms with van der Waals surface area (Å²) in [5.74, 6) is 0. The summed E-state index contributed by atoms with van der Waals surface area (Å²) in [6, 6.07) is 30.6. The van der Waals surface area contributed by atoms with Gasteiger partial charge >= 0.3 is 0 Å². The molecule has 1 heteroatoms. The van der Waals surface area contributed by atoms with Gasteiger partial charge in [-0.3, -0.25) is 0 Å². The minimum atomic E-state index is 1.22. The van der Waals surface area contributed by atoms with Crippen LogP contribution in [0.25, 0.3) is 22.3 Å². The Kier molecular flexibility index (Phi) is 5.46. The molecular weight excluding hydrogens is 362 g/mol. The number of hydrogen-bond acceptors (Lipinski definition) is 1. The summed E-state index contributed by atoms with van der Waals surface area (Å²) in [6.45, 7) is 8.78. The Labute approximate surface area is 180 Å². The molecule has 4 aromatic carbocycles. The van der Waals surface area contributed by atoms with Gasteiger partial charge in [0.25, 0.3) is 0 Å². The van der Waals surface area contributed by atoms with E-state index in [9.17, 15) is 0 Å². The molecule has 0 amide bonds. The highest BCUT2D eigenvalue weighted by Gasteiger charge is 2.17. The fraction of sp³-hybridized carbons (Fsp3) is 0.172. The highest BCUT2D eigenvalue weighted by molar-refractivity contribution is 5.89. The first-order valence-electron chi connectivity index (χ1n) is 10.5. The second-order valence-corrected chi connectivity index (χ2v) is 8.16. The van der Waals surface area contributed by atoms with E-state index in [0.29, 0.717) is 0 Å². The van der Waals surface area contributed by atoms with Gasteiger partial charge in [-0.05, 0) is 84.8 Å². The molecule has 0 aromatic heterocycles. The molecule has 0 aliphatic rings. The van der Waals surface area contributed by atoms with Crippen LogP contribution in [0.15, 0.2) is 84.9 Å². The molecule has 0 saturated carbocycles. The van der Waals surface area contributed by atoms with Gasteiger partial charge in [-0.25, -0.2) is 0 Å². The van der Waals surface area contributed by atoms with Crippen LogP contribution in [0.3, 0.4) is 0 Å². The van der Waals surface area contributed by atoms with Crippen molar-refractivity contribution >= 4 is 11.4 Å². The van der Waals surface area contributed by atoms with Crippen LogP contribution in [0.1, 0.15) is 22.3 Å². The lowest BCUT2D eigenvalue weighted by Crippen LogP contribution is -2.13. The summed E-state index contributed by atoms with van der Waals surface area (Å²) in [7, 11) is 2.18. The zero-order valence-corrected chi connectivity index (χ0v) is 18.5. The Morgan fingerprint density at radius 2 is 0.933 bits per heavy atom. The lowest BCUT2D eigenvalue weighted by atomic mass is 9.90. The molecule has 0 atom stereocenters. The maximum atomic E-state index is 2.37. The van der Waals surface area contributed by atoms with E-state index in [1.54, 1.807) is 0 Å². The van der Waals surface area contributed by atoms with Crippen LogP contribution in [0.4, 0.5) is 11.4 Å². The number of rotatable bonds is 4. The summed E-state index contributed by atoms with van der Waals surface area (Å²) in [6.07, 6.45) is 0. The smallest absolute Gasteiger partial charge is 0.0494 e. The molecule has 4 rings (SSSR count). The summed E-state index contributed by atoms with van der Waals surface area (Å²) in [4.78, 5) is 2.33. The molecule has 0 aliphatic heterocycles. The maximum absolute atomic E-state index is 2.37. The first-order chi connectivity index (χ1) is 14.5. The number of anilines is 2. The van der Waals surface area contributed by atoms with Gasteiger partial charge in [0.15, 0.2) is 0 Å². The third-order valence-electron chi connectivity index (χ3n) is 6.05. The normalized spacial score (nSPS) is 10.8. The molecule has 0 heterocycles. The minimum absolute atomic E-state index is 1.22. The summed E-state index contributed by atoms with van der Waals surface area (Å²) in [5.41, 5.74) is 12.8. The number of benzene rings is 4. The quantitative estimate of drug-likeness (QED) is 0.340. The number of aryl methyl sites for hydroxylation is 4. The van der Waals surface area contributed by atoms with Gasteiger partial charge in [-0.1, -0.05) is 66.7 Å². The Balaban J connectivity index is 1.99. The fourth-order valence-electron chi connectivity index (χ4n) is 4.30. The van der Waals surface area contributed by atoms with E-state index in [1.165, 1.54) is 55.9 Å². The highest BCUT2D eigenvalue weighted by Crippen LogP contribution is 2.41. The van der Waals surface area contributed by atoms with Crippen LogP contribution in [0, 0.1) is 27.7 Å². The molecule has 4 aromatic rings. The molecule has 0 fully saturated rings. The highest BCUT2D eigenvalue weighted by atomic mass is 15.1. The van der Waals surface area contributed by atoms with E-state index < -0.39 is 0 Å². The summed E-state index contributed by atoms with van der Waals surface area (Å²) in [5, 5.41) is 0. The molecule has 0 saturated heterocycles. The molecule has 150 valence electrons. The minimum Gasteiger partial charge on any atom is -0.344 e. The van der Waals surface area contributed by atoms with Gasteiger partial charge < -0.3 is 4.90 Å². The summed E-state index contributed by atoms with van der Waals surface area (Å²) < 4.78 is 0. The molecule has 0 N–H and O–H groups in total. The summed E-state index contributed by atoms with van der Waals surface area (Å²) >= 11 is 0. The van der Waals surface area contributed by atoms with Crippen molar-refractivity contribution < 1.29 is 0 Å². The van der Waals surface area contributed by atoms with Gasteiger partial charge in [-0.15, -0.1) is 0 Å². The Bertz CT molecular complexity index is 1200. The predicted octanol–water partition coefficient (Wildman–Crippen LogP) is 8.02. The van der Waals surface area contributed by atoms with Gasteiger partial charge in [0.2, 0.25) is 0 Å². The van der Waals surface area contributed by atoms with Crippen molar-refractivity contribution in [2.24, 2.45) is 0 Å². The first kappa shape index (κ1) is 20.0. The monoisotopic (exact) mass is 391 g/mol. The lowest BCUT2D eigenvalue weighted by molar-refractivity contribution is 1.18. The topological polar surface area (TPSA) is 3.24 Å². The van der Waals surface area contributed by atoms with E-state index in [-0.39, 0.29) is 0 Å². The molecule has 1 nitrogen and oxygen atoms in total. The third kappa shape index (κ3) is 3.64. The van der Waals surface area contributed by atoms with E-state index in [1.807, 2.05) is 0 Å². The van der Waals surface area contributed by atoms with Crippen molar-refractivity contribution in [3.05, 3.63) is 107 Å². The average Bonchev–Trinajstić information content (AvgIpc) is 2.74. The molecule has 0 aliphatic carbocycles. The van der Waals surface area contributed by atoms with Crippen LogP contribution in [-0.4, -0.2) is 7.05 Å². The van der Waals surface area contributed by atoms with Crippen LogP contribution < -0.4 is 4.90 Å². The number of nitrogens with zero attached hydrogens (tertiary/aromatic N) is 1. The van der Waals surface area contributed by atoms with E-state index >= 15 is 0 Å². The van der Waals surface area contributed by atoms with Crippen LogP contribution in [-0.2, 0) is 0 Å². The van der Waals surface area contributed by atoms with Crippen LogP contribution in [0.5, 0.6) is 0 Å². The number of hydrogen-bond donors (Lipinski definition) is 0. The van der Waals surface area contributed by atoms with E-state index in [2.05, 4.69) is 125 Å². The second kappa shape index (κ2) is 8.20. The largest absolute Gasteiger partial charge is 0.344 e. The average molecular weight is 392 g/mol. The molecular formula is C29H29N. The van der Waals surface area contributed by atoms with E-state index in [4.69, 9.17) is 0 Å². The molecule has 0 radical (unpaired) electrons. The number of para-hydroxylation sites is 1. The third-order valence-corrected chi connectivity index (χ3v) is 6.05. The Morgan fingerprint density at radius 1 is 0.433 bits per heavy atom. The molecule has 0 unspecified atom stereocenters. The van der Waals surface area contributed by atoms with Gasteiger partial charge in [0, 0.05) is 24.0 Å². The van der Waals surface area contributed by atoms with Crippen molar-refractivity contribution in [1.82, 2.24) is 0 Å². The maximum Gasteiger partial charge on any atom is 0.0494 e. The van der Waals surface area contributed by atoms with Gasteiger partial charge in [-0.2, -0.15) is 0 Å². The molecule has 0 bridgehead atoms. The van der Waals surface area contributed by atoms with Gasteiger partial charge in [0.05, 0.1) is 0 Å². The van der Waals surface area contributed by atoms with Crippen molar-refractivity contribution in [2.75, 3.05) is 11.9 Å². The van der Waals surface area contributed by atoms with Crippen molar-refractivity contribution in [3.8, 4) is 22.3 Å². The first-order valence-corrected chi connectivity index (χ1v) is 10.5. The second-order valence-electron chi connectivity index (χ2n) is 8.16.